The monoisotopic (exact) mass is 453 g/mol. The van der Waals surface area contributed by atoms with Gasteiger partial charge in [-0.3, -0.25) is 10.1 Å². The summed E-state index contributed by atoms with van der Waals surface area (Å²) in [6.45, 7) is 1.85. The largest absolute Gasteiger partial charge is 0.481 e. The van der Waals surface area contributed by atoms with Crippen LogP contribution in [0.15, 0.2) is 71.1 Å². The van der Waals surface area contributed by atoms with Gasteiger partial charge in [-0.15, -0.1) is 10.2 Å². The maximum Gasteiger partial charge on any atom is 0.267 e. The van der Waals surface area contributed by atoms with Crippen LogP contribution in [-0.4, -0.2) is 22.2 Å². The summed E-state index contributed by atoms with van der Waals surface area (Å²) in [5, 5.41) is 13.9. The molecule has 0 aliphatic rings. The number of benzene rings is 3. The molecule has 158 valence electrons. The first kappa shape index (κ1) is 21.3. The van der Waals surface area contributed by atoms with E-state index in [0.29, 0.717) is 17.3 Å². The fourth-order valence-corrected chi connectivity index (χ4v) is 4.82. The number of nitrogens with zero attached hydrogens (tertiary/aromatic N) is 2. The first-order chi connectivity index (χ1) is 15.1. The minimum absolute atomic E-state index is 0.312. The number of amides is 1. The number of thioether (sulfide) groups is 1. The summed E-state index contributed by atoms with van der Waals surface area (Å²) in [6, 6.07) is 20.1. The quantitative estimate of drug-likeness (QED) is 0.265. The van der Waals surface area contributed by atoms with E-state index in [-0.39, 0.29) is 11.7 Å². The van der Waals surface area contributed by atoms with Crippen molar-refractivity contribution in [2.45, 2.75) is 29.5 Å². The Morgan fingerprint density at radius 1 is 1.10 bits per heavy atom. The number of hydrogen-bond acceptors (Lipinski definition) is 6. The third-order valence-electron chi connectivity index (χ3n) is 4.62. The van der Waals surface area contributed by atoms with Crippen molar-refractivity contribution in [2.24, 2.45) is 0 Å². The first-order valence-electron chi connectivity index (χ1n) is 9.78. The van der Waals surface area contributed by atoms with Crippen LogP contribution in [0.2, 0.25) is 0 Å². The topological polar surface area (TPSA) is 64.1 Å². The minimum Gasteiger partial charge on any atom is -0.481 e. The third-order valence-corrected chi connectivity index (χ3v) is 6.64. The number of nitrogens with one attached hydrogen (secondary N) is 1. The Kier molecular flexibility index (Phi) is 6.79. The highest BCUT2D eigenvalue weighted by molar-refractivity contribution is 8.00. The number of ether oxygens (including phenoxy) is 1. The van der Waals surface area contributed by atoms with Gasteiger partial charge < -0.3 is 4.74 Å². The van der Waals surface area contributed by atoms with Crippen molar-refractivity contribution >= 4 is 44.9 Å². The van der Waals surface area contributed by atoms with E-state index >= 15 is 0 Å². The number of carbonyl (C=O) groups excluding carboxylic acids is 1. The normalized spacial score (nSPS) is 11.9. The molecule has 0 radical (unpaired) electrons. The van der Waals surface area contributed by atoms with Gasteiger partial charge in [-0.25, -0.2) is 4.39 Å². The van der Waals surface area contributed by atoms with Crippen molar-refractivity contribution in [1.82, 2.24) is 10.2 Å². The van der Waals surface area contributed by atoms with Gasteiger partial charge in [0.2, 0.25) is 5.13 Å². The molecule has 1 atom stereocenters. The summed E-state index contributed by atoms with van der Waals surface area (Å²) in [5.74, 6) is 0.530. The van der Waals surface area contributed by atoms with Crippen LogP contribution >= 0.6 is 23.1 Å². The average Bonchev–Trinajstić information content (AvgIpc) is 3.24. The summed E-state index contributed by atoms with van der Waals surface area (Å²) >= 11 is 2.91. The van der Waals surface area contributed by atoms with Gasteiger partial charge in [0.25, 0.3) is 5.91 Å². The summed E-state index contributed by atoms with van der Waals surface area (Å²) in [4.78, 5) is 12.6. The lowest BCUT2D eigenvalue weighted by Gasteiger charge is -2.16. The number of halogens is 1. The Morgan fingerprint density at radius 2 is 1.87 bits per heavy atom. The first-order valence-corrected chi connectivity index (χ1v) is 11.6. The van der Waals surface area contributed by atoms with Gasteiger partial charge in [-0.1, -0.05) is 72.5 Å². The van der Waals surface area contributed by atoms with E-state index in [1.165, 1.54) is 51.9 Å². The average molecular weight is 454 g/mol. The summed E-state index contributed by atoms with van der Waals surface area (Å²) < 4.78 is 19.5. The Labute approximate surface area is 187 Å². The van der Waals surface area contributed by atoms with Crippen molar-refractivity contribution in [1.29, 1.82) is 0 Å². The molecule has 0 aliphatic carbocycles. The maximum atomic E-state index is 13.1. The Bertz CT molecular complexity index is 1180. The van der Waals surface area contributed by atoms with Crippen LogP contribution in [0.1, 0.15) is 18.9 Å². The van der Waals surface area contributed by atoms with E-state index in [1.807, 2.05) is 19.1 Å². The zero-order valence-corrected chi connectivity index (χ0v) is 18.4. The van der Waals surface area contributed by atoms with Crippen LogP contribution in [0.4, 0.5) is 9.52 Å². The lowest BCUT2D eigenvalue weighted by molar-refractivity contribution is -0.122. The van der Waals surface area contributed by atoms with Crippen molar-refractivity contribution in [3.8, 4) is 5.75 Å². The van der Waals surface area contributed by atoms with Crippen molar-refractivity contribution in [3.63, 3.8) is 0 Å². The molecule has 4 rings (SSSR count). The third kappa shape index (κ3) is 5.39. The highest BCUT2D eigenvalue weighted by Gasteiger charge is 2.20. The molecule has 0 saturated heterocycles. The van der Waals surface area contributed by atoms with Gasteiger partial charge in [0.05, 0.1) is 0 Å². The van der Waals surface area contributed by atoms with Gasteiger partial charge in [0.15, 0.2) is 10.4 Å². The van der Waals surface area contributed by atoms with Crippen LogP contribution in [0.3, 0.4) is 0 Å². The molecule has 0 spiro atoms. The molecule has 4 aromatic rings. The molecule has 0 fully saturated rings. The molecule has 0 aliphatic heterocycles. The molecule has 1 N–H and O–H groups in total. The fraction of sp³-hybridized carbons (Fsp3) is 0.174. The summed E-state index contributed by atoms with van der Waals surface area (Å²) in [5.41, 5.74) is 1.22. The fourth-order valence-electron chi connectivity index (χ4n) is 3.06. The SMILES string of the molecule is CCC(Oc1ccc(F)cc1)C(=O)Nc1nnc(SCc2cccc3ccccc23)s1. The van der Waals surface area contributed by atoms with E-state index in [4.69, 9.17) is 4.74 Å². The maximum absolute atomic E-state index is 13.1. The van der Waals surface area contributed by atoms with Gasteiger partial charge in [0.1, 0.15) is 11.6 Å². The number of anilines is 1. The second-order valence-electron chi connectivity index (χ2n) is 6.76. The molecule has 1 unspecified atom stereocenters. The zero-order valence-electron chi connectivity index (χ0n) is 16.7. The Balaban J connectivity index is 1.36. The molecule has 31 heavy (non-hydrogen) atoms. The second kappa shape index (κ2) is 9.89. The summed E-state index contributed by atoms with van der Waals surface area (Å²) in [6.07, 6.45) is -0.244. The number of carbonyl (C=O) groups is 1. The predicted molar refractivity (Wildman–Crippen MR) is 123 cm³/mol. The number of fused-ring (bicyclic) bond motifs is 1. The molecular weight excluding hydrogens is 433 g/mol. The minimum atomic E-state index is -0.707. The standard InChI is InChI=1S/C23H20FN3O2S2/c1-2-20(29-18-12-10-17(24)11-13-18)21(28)25-22-26-27-23(31-22)30-14-16-8-5-7-15-6-3-4-9-19(15)16/h3-13,20H,2,14H2,1H3,(H,25,26,28). The molecule has 0 bridgehead atoms. The van der Waals surface area contributed by atoms with Crippen LogP contribution in [0.25, 0.3) is 10.8 Å². The molecule has 5 nitrogen and oxygen atoms in total. The predicted octanol–water partition coefficient (Wildman–Crippen LogP) is 5.92. The zero-order chi connectivity index (χ0) is 21.6. The smallest absolute Gasteiger partial charge is 0.267 e. The van der Waals surface area contributed by atoms with Crippen LogP contribution in [0.5, 0.6) is 5.75 Å². The van der Waals surface area contributed by atoms with Crippen LogP contribution in [0, 0.1) is 5.82 Å². The van der Waals surface area contributed by atoms with Gasteiger partial charge in [-0.2, -0.15) is 0 Å². The van der Waals surface area contributed by atoms with Crippen LogP contribution in [-0.2, 0) is 10.5 Å². The molecule has 3 aromatic carbocycles. The van der Waals surface area contributed by atoms with E-state index < -0.39 is 6.10 Å². The Morgan fingerprint density at radius 3 is 2.68 bits per heavy atom. The van der Waals surface area contributed by atoms with Gasteiger partial charge >= 0.3 is 0 Å². The van der Waals surface area contributed by atoms with Gasteiger partial charge in [0, 0.05) is 5.75 Å². The lowest BCUT2D eigenvalue weighted by atomic mass is 10.1. The van der Waals surface area contributed by atoms with Crippen molar-refractivity contribution in [2.75, 3.05) is 5.32 Å². The number of hydrogen-bond donors (Lipinski definition) is 1. The second-order valence-corrected chi connectivity index (χ2v) is 8.96. The molecular formula is C23H20FN3O2S2. The molecule has 8 heteroatoms. The van der Waals surface area contributed by atoms with Gasteiger partial charge in [-0.05, 0) is 47.0 Å². The Hall–Kier alpha value is -2.97. The molecule has 0 saturated carbocycles. The number of aromatic nitrogens is 2. The highest BCUT2D eigenvalue weighted by Crippen LogP contribution is 2.31. The molecule has 1 amide bonds. The molecule has 1 aromatic heterocycles. The van der Waals surface area contributed by atoms with Crippen molar-refractivity contribution in [3.05, 3.63) is 78.1 Å². The van der Waals surface area contributed by atoms with E-state index in [9.17, 15) is 9.18 Å². The van der Waals surface area contributed by atoms with E-state index in [1.54, 1.807) is 11.8 Å². The molecule has 1 heterocycles. The van der Waals surface area contributed by atoms with E-state index in [0.717, 1.165) is 10.1 Å². The highest BCUT2D eigenvalue weighted by atomic mass is 32.2. The number of rotatable bonds is 8. The lowest BCUT2D eigenvalue weighted by Crippen LogP contribution is -2.32. The van der Waals surface area contributed by atoms with Crippen LogP contribution < -0.4 is 10.1 Å². The van der Waals surface area contributed by atoms with Crippen molar-refractivity contribution < 1.29 is 13.9 Å². The summed E-state index contributed by atoms with van der Waals surface area (Å²) in [7, 11) is 0. The van der Waals surface area contributed by atoms with E-state index in [2.05, 4.69) is 45.8 Å².